The Labute approximate surface area is 113 Å². The van der Waals surface area contributed by atoms with Gasteiger partial charge in [-0.15, -0.1) is 0 Å². The third kappa shape index (κ3) is 3.58. The normalized spacial score (nSPS) is 23.8. The lowest BCUT2D eigenvalue weighted by Crippen LogP contribution is -2.49. The molecule has 2 rings (SSSR count). The molecule has 1 amide bonds. The highest BCUT2D eigenvalue weighted by Crippen LogP contribution is 2.13. The van der Waals surface area contributed by atoms with Crippen molar-refractivity contribution in [3.8, 4) is 0 Å². The number of ether oxygens (including phenoxy) is 1. The summed E-state index contributed by atoms with van der Waals surface area (Å²) in [5.41, 5.74) is 7.31. The lowest BCUT2D eigenvalue weighted by Gasteiger charge is -2.36. The van der Waals surface area contributed by atoms with Crippen LogP contribution in [0.25, 0.3) is 6.08 Å². The highest BCUT2D eigenvalue weighted by molar-refractivity contribution is 5.92. The summed E-state index contributed by atoms with van der Waals surface area (Å²) in [7, 11) is 0. The summed E-state index contributed by atoms with van der Waals surface area (Å²) < 4.78 is 5.51. The highest BCUT2D eigenvalue weighted by atomic mass is 16.5. The van der Waals surface area contributed by atoms with E-state index in [1.54, 1.807) is 6.08 Å². The van der Waals surface area contributed by atoms with Crippen LogP contribution in [0.4, 0.5) is 5.69 Å². The maximum atomic E-state index is 12.2. The van der Waals surface area contributed by atoms with Gasteiger partial charge in [-0.2, -0.15) is 0 Å². The van der Waals surface area contributed by atoms with Crippen molar-refractivity contribution in [1.29, 1.82) is 0 Å². The standard InChI is InChI=1S/C15H20N2O2/c1-11-10-19-12(2)9-17(11)15(18)8-5-13-3-6-14(16)7-4-13/h3-8,11-12H,9-10,16H2,1-2H3/b8-5+. The van der Waals surface area contributed by atoms with Crippen LogP contribution < -0.4 is 5.73 Å². The van der Waals surface area contributed by atoms with Crippen LogP contribution in [-0.4, -0.2) is 36.1 Å². The number of carbonyl (C=O) groups excluding carboxylic acids is 1. The van der Waals surface area contributed by atoms with Crippen LogP contribution in [0.5, 0.6) is 0 Å². The Bertz CT molecular complexity index is 468. The lowest BCUT2D eigenvalue weighted by molar-refractivity contribution is -0.137. The average Bonchev–Trinajstić information content (AvgIpc) is 2.40. The minimum absolute atomic E-state index is 0.0273. The predicted octanol–water partition coefficient (Wildman–Crippen LogP) is 1.92. The van der Waals surface area contributed by atoms with E-state index in [2.05, 4.69) is 0 Å². The molecule has 1 fully saturated rings. The minimum Gasteiger partial charge on any atom is -0.399 e. The van der Waals surface area contributed by atoms with E-state index in [9.17, 15) is 4.79 Å². The van der Waals surface area contributed by atoms with Gasteiger partial charge >= 0.3 is 0 Å². The number of nitrogens with two attached hydrogens (primary N) is 1. The zero-order chi connectivity index (χ0) is 13.8. The zero-order valence-corrected chi connectivity index (χ0v) is 11.4. The van der Waals surface area contributed by atoms with Crippen molar-refractivity contribution in [2.75, 3.05) is 18.9 Å². The molecule has 0 aliphatic carbocycles. The molecular weight excluding hydrogens is 240 g/mol. The highest BCUT2D eigenvalue weighted by Gasteiger charge is 2.25. The molecule has 0 saturated carbocycles. The number of nitrogens with zero attached hydrogens (tertiary/aromatic N) is 1. The van der Waals surface area contributed by atoms with Crippen LogP contribution in [0.3, 0.4) is 0 Å². The van der Waals surface area contributed by atoms with Gasteiger partial charge in [0.15, 0.2) is 0 Å². The van der Waals surface area contributed by atoms with Crippen molar-refractivity contribution in [3.05, 3.63) is 35.9 Å². The predicted molar refractivity (Wildman–Crippen MR) is 76.5 cm³/mol. The Morgan fingerprint density at radius 1 is 1.37 bits per heavy atom. The molecule has 4 heteroatoms. The molecule has 0 aromatic heterocycles. The molecule has 4 nitrogen and oxygen atoms in total. The van der Waals surface area contributed by atoms with Gasteiger partial charge in [0.2, 0.25) is 5.91 Å². The van der Waals surface area contributed by atoms with Crippen LogP contribution in [0, 0.1) is 0 Å². The third-order valence-corrected chi connectivity index (χ3v) is 3.25. The molecule has 1 saturated heterocycles. The Kier molecular flexibility index (Phi) is 4.22. The largest absolute Gasteiger partial charge is 0.399 e. The molecule has 19 heavy (non-hydrogen) atoms. The Balaban J connectivity index is 2.01. The number of amides is 1. The van der Waals surface area contributed by atoms with E-state index in [-0.39, 0.29) is 18.1 Å². The van der Waals surface area contributed by atoms with Gasteiger partial charge in [0.05, 0.1) is 18.8 Å². The molecular formula is C15H20N2O2. The first-order chi connectivity index (χ1) is 9.06. The molecule has 102 valence electrons. The molecule has 1 aromatic carbocycles. The average molecular weight is 260 g/mol. The van der Waals surface area contributed by atoms with Crippen LogP contribution in [0.15, 0.2) is 30.3 Å². The molecule has 1 aromatic rings. The SMILES string of the molecule is CC1CN(C(=O)/C=C/c2ccc(N)cc2)C(C)CO1. The summed E-state index contributed by atoms with van der Waals surface area (Å²) in [6, 6.07) is 7.56. The molecule has 1 aliphatic heterocycles. The number of carbonyl (C=O) groups is 1. The summed E-state index contributed by atoms with van der Waals surface area (Å²) in [5.74, 6) is 0.0273. The molecule has 2 atom stereocenters. The summed E-state index contributed by atoms with van der Waals surface area (Å²) in [6.45, 7) is 5.23. The lowest BCUT2D eigenvalue weighted by atomic mass is 10.1. The van der Waals surface area contributed by atoms with E-state index in [4.69, 9.17) is 10.5 Å². The molecule has 2 N–H and O–H groups in total. The number of hydrogen-bond donors (Lipinski definition) is 1. The third-order valence-electron chi connectivity index (χ3n) is 3.25. The second kappa shape index (κ2) is 5.89. The number of morpholine rings is 1. The Hall–Kier alpha value is -1.81. The minimum atomic E-state index is 0.0273. The van der Waals surface area contributed by atoms with Crippen molar-refractivity contribution in [3.63, 3.8) is 0 Å². The van der Waals surface area contributed by atoms with E-state index >= 15 is 0 Å². The van der Waals surface area contributed by atoms with Gasteiger partial charge in [-0.05, 0) is 37.6 Å². The van der Waals surface area contributed by atoms with Gasteiger partial charge in [0, 0.05) is 18.3 Å². The Morgan fingerprint density at radius 2 is 2.05 bits per heavy atom. The summed E-state index contributed by atoms with van der Waals surface area (Å²) in [4.78, 5) is 14.0. The summed E-state index contributed by atoms with van der Waals surface area (Å²) in [5, 5.41) is 0. The van der Waals surface area contributed by atoms with Crippen LogP contribution in [-0.2, 0) is 9.53 Å². The molecule has 1 heterocycles. The fourth-order valence-electron chi connectivity index (χ4n) is 2.08. The van der Waals surface area contributed by atoms with Gasteiger partial charge < -0.3 is 15.4 Å². The Morgan fingerprint density at radius 3 is 2.74 bits per heavy atom. The fourth-order valence-corrected chi connectivity index (χ4v) is 2.08. The van der Waals surface area contributed by atoms with Crippen molar-refractivity contribution in [2.24, 2.45) is 0 Å². The zero-order valence-electron chi connectivity index (χ0n) is 11.4. The number of benzene rings is 1. The van der Waals surface area contributed by atoms with Crippen molar-refractivity contribution < 1.29 is 9.53 Å². The van der Waals surface area contributed by atoms with Crippen molar-refractivity contribution in [2.45, 2.75) is 26.0 Å². The fraction of sp³-hybridized carbons (Fsp3) is 0.400. The van der Waals surface area contributed by atoms with E-state index in [0.29, 0.717) is 13.2 Å². The quantitative estimate of drug-likeness (QED) is 0.653. The maximum absolute atomic E-state index is 12.2. The van der Waals surface area contributed by atoms with E-state index < -0.39 is 0 Å². The van der Waals surface area contributed by atoms with Gasteiger partial charge in [0.25, 0.3) is 0 Å². The van der Waals surface area contributed by atoms with Gasteiger partial charge in [-0.25, -0.2) is 0 Å². The maximum Gasteiger partial charge on any atom is 0.246 e. The molecule has 2 unspecified atom stereocenters. The monoisotopic (exact) mass is 260 g/mol. The second-order valence-electron chi connectivity index (χ2n) is 4.98. The number of nitrogen functional groups attached to an aromatic ring is 1. The van der Waals surface area contributed by atoms with Crippen molar-refractivity contribution >= 4 is 17.7 Å². The number of rotatable bonds is 2. The van der Waals surface area contributed by atoms with Crippen molar-refractivity contribution in [1.82, 2.24) is 4.90 Å². The van der Waals surface area contributed by atoms with Crippen LogP contribution in [0.1, 0.15) is 19.4 Å². The first kappa shape index (κ1) is 13.6. The molecule has 0 radical (unpaired) electrons. The van der Waals surface area contributed by atoms with Gasteiger partial charge in [-0.1, -0.05) is 12.1 Å². The topological polar surface area (TPSA) is 55.6 Å². The molecule has 0 spiro atoms. The first-order valence-corrected chi connectivity index (χ1v) is 6.52. The molecule has 0 bridgehead atoms. The first-order valence-electron chi connectivity index (χ1n) is 6.52. The van der Waals surface area contributed by atoms with Crippen LogP contribution >= 0.6 is 0 Å². The van der Waals surface area contributed by atoms with Gasteiger partial charge in [0.1, 0.15) is 0 Å². The number of anilines is 1. The van der Waals surface area contributed by atoms with E-state index in [1.807, 2.05) is 49.1 Å². The van der Waals surface area contributed by atoms with E-state index in [0.717, 1.165) is 11.3 Å². The summed E-state index contributed by atoms with van der Waals surface area (Å²) in [6.07, 6.45) is 3.53. The second-order valence-corrected chi connectivity index (χ2v) is 4.98. The van der Waals surface area contributed by atoms with Crippen LogP contribution in [0.2, 0.25) is 0 Å². The summed E-state index contributed by atoms with van der Waals surface area (Å²) >= 11 is 0. The van der Waals surface area contributed by atoms with Gasteiger partial charge in [-0.3, -0.25) is 4.79 Å². The molecule has 1 aliphatic rings. The number of hydrogen-bond acceptors (Lipinski definition) is 3. The van der Waals surface area contributed by atoms with E-state index in [1.165, 1.54) is 0 Å². The smallest absolute Gasteiger partial charge is 0.246 e.